The summed E-state index contributed by atoms with van der Waals surface area (Å²) in [6, 6.07) is 7.84. The Morgan fingerprint density at radius 2 is 1.96 bits per heavy atom. The summed E-state index contributed by atoms with van der Waals surface area (Å²) in [4.78, 5) is 14.6. The minimum atomic E-state index is -0.141. The topological polar surface area (TPSA) is 72.1 Å². The predicted molar refractivity (Wildman–Crippen MR) is 98.3 cm³/mol. The van der Waals surface area contributed by atoms with Crippen molar-refractivity contribution in [3.05, 3.63) is 29.8 Å². The zero-order valence-electron chi connectivity index (χ0n) is 15.4. The van der Waals surface area contributed by atoms with E-state index in [9.17, 15) is 4.79 Å². The molecule has 2 heterocycles. The third-order valence-electron chi connectivity index (χ3n) is 5.11. The third-order valence-corrected chi connectivity index (χ3v) is 5.11. The van der Waals surface area contributed by atoms with Crippen molar-refractivity contribution in [2.24, 2.45) is 5.92 Å². The highest BCUT2D eigenvalue weighted by Gasteiger charge is 2.31. The number of rotatable bonds is 7. The maximum atomic E-state index is 12.2. The van der Waals surface area contributed by atoms with Crippen LogP contribution in [-0.4, -0.2) is 70.1 Å². The van der Waals surface area contributed by atoms with Gasteiger partial charge < -0.3 is 24.8 Å². The van der Waals surface area contributed by atoms with Crippen LogP contribution in [0.3, 0.4) is 0 Å². The summed E-state index contributed by atoms with van der Waals surface area (Å²) in [5, 5.41) is 5.96. The van der Waals surface area contributed by atoms with Crippen molar-refractivity contribution >= 4 is 6.03 Å². The van der Waals surface area contributed by atoms with Gasteiger partial charge in [0.25, 0.3) is 0 Å². The first-order chi connectivity index (χ1) is 12.8. The normalized spacial score (nSPS) is 22.0. The second kappa shape index (κ2) is 9.75. The molecule has 2 atom stereocenters. The average Bonchev–Trinajstić information content (AvgIpc) is 3.22. The zero-order chi connectivity index (χ0) is 18.2. The number of carbonyl (C=O) groups is 1. The van der Waals surface area contributed by atoms with Crippen molar-refractivity contribution in [2.75, 3.05) is 53.2 Å². The van der Waals surface area contributed by atoms with Gasteiger partial charge >= 0.3 is 6.03 Å². The van der Waals surface area contributed by atoms with Crippen molar-refractivity contribution in [2.45, 2.75) is 19.0 Å². The molecule has 7 nitrogen and oxygen atoms in total. The summed E-state index contributed by atoms with van der Waals surface area (Å²) in [6.45, 7) is 6.05. The Bertz CT molecular complexity index is 554. The van der Waals surface area contributed by atoms with Gasteiger partial charge in [-0.2, -0.15) is 0 Å². The molecule has 2 fully saturated rings. The van der Waals surface area contributed by atoms with Crippen molar-refractivity contribution < 1.29 is 19.0 Å². The fourth-order valence-electron chi connectivity index (χ4n) is 3.54. The molecule has 7 heteroatoms. The number of urea groups is 1. The maximum Gasteiger partial charge on any atom is 0.315 e. The van der Waals surface area contributed by atoms with E-state index in [0.29, 0.717) is 25.0 Å². The number of hydrogen-bond donors (Lipinski definition) is 2. The largest absolute Gasteiger partial charge is 0.497 e. The van der Waals surface area contributed by atoms with Crippen LogP contribution < -0.4 is 15.4 Å². The second-order valence-corrected chi connectivity index (χ2v) is 6.75. The minimum absolute atomic E-state index is 0.141. The van der Waals surface area contributed by atoms with Crippen LogP contribution in [0.15, 0.2) is 24.3 Å². The highest BCUT2D eigenvalue weighted by Crippen LogP contribution is 2.21. The summed E-state index contributed by atoms with van der Waals surface area (Å²) >= 11 is 0. The Morgan fingerprint density at radius 1 is 1.19 bits per heavy atom. The summed E-state index contributed by atoms with van der Waals surface area (Å²) < 4.78 is 16.2. The molecule has 2 N–H and O–H groups in total. The zero-order valence-corrected chi connectivity index (χ0v) is 15.4. The number of carbonyl (C=O) groups excluding carboxylic acids is 1. The van der Waals surface area contributed by atoms with E-state index in [2.05, 4.69) is 15.5 Å². The number of nitrogens with one attached hydrogen (secondary N) is 2. The first-order valence-corrected chi connectivity index (χ1v) is 9.30. The average molecular weight is 363 g/mol. The molecule has 26 heavy (non-hydrogen) atoms. The molecule has 1 aromatic rings. The van der Waals surface area contributed by atoms with Crippen LogP contribution >= 0.6 is 0 Å². The molecule has 0 aliphatic carbocycles. The molecule has 2 amide bonds. The standard InChI is InChI=1S/C19H29N3O4/c1-24-17-4-2-15(3-5-17)12-20-19(23)21-13-18(16-6-9-26-14-16)22-7-10-25-11-8-22/h2-5,16,18H,6-14H2,1H3,(H2,20,21,23)/t16-,18-/m0/s1. The Morgan fingerprint density at radius 3 is 2.62 bits per heavy atom. The van der Waals surface area contributed by atoms with Gasteiger partial charge in [-0.3, -0.25) is 4.90 Å². The lowest BCUT2D eigenvalue weighted by Gasteiger charge is -2.37. The van der Waals surface area contributed by atoms with Gasteiger partial charge in [-0.25, -0.2) is 4.79 Å². The van der Waals surface area contributed by atoms with Crippen LogP contribution in [0, 0.1) is 5.92 Å². The van der Waals surface area contributed by atoms with Crippen LogP contribution in [0.5, 0.6) is 5.75 Å². The maximum absolute atomic E-state index is 12.2. The number of morpholine rings is 1. The molecule has 0 radical (unpaired) electrons. The van der Waals surface area contributed by atoms with E-state index in [-0.39, 0.29) is 6.03 Å². The number of benzene rings is 1. The van der Waals surface area contributed by atoms with Crippen molar-refractivity contribution in [3.63, 3.8) is 0 Å². The molecule has 0 unspecified atom stereocenters. The molecule has 144 valence electrons. The Balaban J connectivity index is 1.46. The molecule has 1 aromatic carbocycles. The molecule has 0 bridgehead atoms. The van der Waals surface area contributed by atoms with Crippen LogP contribution in [0.1, 0.15) is 12.0 Å². The molecule has 2 aliphatic heterocycles. The molecule has 0 spiro atoms. The molecule has 0 saturated carbocycles. The number of hydrogen-bond acceptors (Lipinski definition) is 5. The summed E-state index contributed by atoms with van der Waals surface area (Å²) in [5.74, 6) is 1.28. The van der Waals surface area contributed by atoms with Crippen molar-refractivity contribution in [3.8, 4) is 5.75 Å². The van der Waals surface area contributed by atoms with E-state index in [1.165, 1.54) is 0 Å². The number of amides is 2. The van der Waals surface area contributed by atoms with Crippen LogP contribution in [-0.2, 0) is 16.0 Å². The molecular formula is C19H29N3O4. The SMILES string of the molecule is COc1ccc(CNC(=O)NC[C@@H]([C@H]2CCOC2)N2CCOCC2)cc1. The molecular weight excluding hydrogens is 334 g/mol. The van der Waals surface area contributed by atoms with Gasteiger partial charge in [-0.15, -0.1) is 0 Å². The Hall–Kier alpha value is -1.83. The predicted octanol–water partition coefficient (Wildman–Crippen LogP) is 1.23. The molecule has 0 aromatic heterocycles. The highest BCUT2D eigenvalue weighted by atomic mass is 16.5. The first kappa shape index (κ1) is 18.9. The van der Waals surface area contributed by atoms with Crippen molar-refractivity contribution in [1.29, 1.82) is 0 Å². The summed E-state index contributed by atoms with van der Waals surface area (Å²) in [5.41, 5.74) is 1.04. The third kappa shape index (κ3) is 5.33. The van der Waals surface area contributed by atoms with Crippen LogP contribution in [0.25, 0.3) is 0 Å². The van der Waals surface area contributed by atoms with E-state index >= 15 is 0 Å². The smallest absolute Gasteiger partial charge is 0.315 e. The molecule has 2 aliphatic rings. The fraction of sp³-hybridized carbons (Fsp3) is 0.632. The lowest BCUT2D eigenvalue weighted by Crippen LogP contribution is -2.53. The fourth-order valence-corrected chi connectivity index (χ4v) is 3.54. The van der Waals surface area contributed by atoms with Gasteiger partial charge in [-0.05, 0) is 24.1 Å². The van der Waals surface area contributed by atoms with E-state index in [1.807, 2.05) is 24.3 Å². The Labute approximate surface area is 155 Å². The van der Waals surface area contributed by atoms with E-state index < -0.39 is 0 Å². The summed E-state index contributed by atoms with van der Waals surface area (Å²) in [6.07, 6.45) is 1.05. The number of nitrogens with zero attached hydrogens (tertiary/aromatic N) is 1. The van der Waals surface area contributed by atoms with Crippen molar-refractivity contribution in [1.82, 2.24) is 15.5 Å². The summed E-state index contributed by atoms with van der Waals surface area (Å²) in [7, 11) is 1.64. The monoisotopic (exact) mass is 363 g/mol. The molecule has 3 rings (SSSR count). The van der Waals surface area contributed by atoms with Crippen LogP contribution in [0.2, 0.25) is 0 Å². The number of methoxy groups -OCH3 is 1. The van der Waals surface area contributed by atoms with Crippen LogP contribution in [0.4, 0.5) is 4.79 Å². The van der Waals surface area contributed by atoms with Gasteiger partial charge in [0.05, 0.1) is 26.9 Å². The highest BCUT2D eigenvalue weighted by molar-refractivity contribution is 5.73. The lowest BCUT2D eigenvalue weighted by molar-refractivity contribution is 0.00212. The lowest BCUT2D eigenvalue weighted by atomic mass is 9.97. The van der Waals surface area contributed by atoms with Gasteiger partial charge in [0, 0.05) is 44.7 Å². The van der Waals surface area contributed by atoms with E-state index in [0.717, 1.165) is 57.3 Å². The Kier molecular flexibility index (Phi) is 7.11. The molecule has 2 saturated heterocycles. The van der Waals surface area contributed by atoms with Gasteiger partial charge in [0.1, 0.15) is 5.75 Å². The van der Waals surface area contributed by atoms with E-state index in [1.54, 1.807) is 7.11 Å². The number of ether oxygens (including phenoxy) is 3. The minimum Gasteiger partial charge on any atom is -0.497 e. The quantitative estimate of drug-likeness (QED) is 0.762. The van der Waals surface area contributed by atoms with Gasteiger partial charge in [0.2, 0.25) is 0 Å². The first-order valence-electron chi connectivity index (χ1n) is 9.30. The second-order valence-electron chi connectivity index (χ2n) is 6.75. The van der Waals surface area contributed by atoms with E-state index in [4.69, 9.17) is 14.2 Å². The van der Waals surface area contributed by atoms with Gasteiger partial charge in [-0.1, -0.05) is 12.1 Å². The van der Waals surface area contributed by atoms with Gasteiger partial charge in [0.15, 0.2) is 0 Å².